The summed E-state index contributed by atoms with van der Waals surface area (Å²) in [4.78, 5) is 15.5. The molecule has 0 spiro atoms. The van der Waals surface area contributed by atoms with Gasteiger partial charge >= 0.3 is 5.97 Å². The van der Waals surface area contributed by atoms with Gasteiger partial charge in [0, 0.05) is 0 Å². The number of rotatable bonds is 4. The summed E-state index contributed by atoms with van der Waals surface area (Å²) in [5.74, 6) is -0.934. The molecule has 1 N–H and O–H groups in total. The van der Waals surface area contributed by atoms with E-state index in [0.29, 0.717) is 12.0 Å². The first-order valence-corrected chi connectivity index (χ1v) is 5.36. The van der Waals surface area contributed by atoms with E-state index in [1.54, 1.807) is 12.1 Å². The summed E-state index contributed by atoms with van der Waals surface area (Å²) >= 11 is 0. The van der Waals surface area contributed by atoms with Crippen molar-refractivity contribution in [3.05, 3.63) is 48.5 Å². The van der Waals surface area contributed by atoms with Gasteiger partial charge in [-0.05, 0) is 12.0 Å². The monoisotopic (exact) mass is 231 g/mol. The molecule has 2 rings (SSSR count). The fourth-order valence-electron chi connectivity index (χ4n) is 1.99. The Hall–Kier alpha value is -2.17. The van der Waals surface area contributed by atoms with Crippen molar-refractivity contribution in [2.24, 2.45) is 0 Å². The van der Waals surface area contributed by atoms with Gasteiger partial charge in [0.25, 0.3) is 0 Å². The van der Waals surface area contributed by atoms with Crippen LogP contribution in [0.3, 0.4) is 0 Å². The maximum absolute atomic E-state index is 11.7. The fourth-order valence-corrected chi connectivity index (χ4v) is 1.99. The molecule has 5 nitrogen and oxygen atoms in total. The highest BCUT2D eigenvalue weighted by Crippen LogP contribution is 2.29. The first kappa shape index (κ1) is 11.3. The van der Waals surface area contributed by atoms with Crippen LogP contribution in [0.5, 0.6) is 0 Å². The summed E-state index contributed by atoms with van der Waals surface area (Å²) in [6.45, 7) is 1.82. The topological polar surface area (TPSA) is 68.0 Å². The van der Waals surface area contributed by atoms with Crippen molar-refractivity contribution in [3.63, 3.8) is 0 Å². The summed E-state index contributed by atoms with van der Waals surface area (Å²) in [7, 11) is 0. The average molecular weight is 231 g/mol. The van der Waals surface area contributed by atoms with Crippen LogP contribution in [0.1, 0.15) is 18.9 Å². The fraction of sp³-hybridized carbons (Fsp3) is 0.250. The Morgan fingerprint density at radius 2 is 2.12 bits per heavy atom. The van der Waals surface area contributed by atoms with E-state index in [4.69, 9.17) is 0 Å². The molecule has 0 amide bonds. The SMILES string of the molecule is CCC(C(=O)O)(c1ccccc1)n1cncn1. The molecule has 1 aromatic carbocycles. The Balaban J connectivity index is 2.63. The van der Waals surface area contributed by atoms with Gasteiger partial charge in [0.05, 0.1) is 0 Å². The molecule has 2 aromatic rings. The summed E-state index contributed by atoms with van der Waals surface area (Å²) < 4.78 is 1.39. The van der Waals surface area contributed by atoms with Crippen LogP contribution < -0.4 is 0 Å². The van der Waals surface area contributed by atoms with Crippen molar-refractivity contribution in [1.29, 1.82) is 0 Å². The number of hydrogen-bond donors (Lipinski definition) is 1. The van der Waals surface area contributed by atoms with Gasteiger partial charge in [-0.3, -0.25) is 0 Å². The van der Waals surface area contributed by atoms with Crippen LogP contribution in [0.2, 0.25) is 0 Å². The number of carboxylic acids is 1. The van der Waals surface area contributed by atoms with E-state index in [1.807, 2.05) is 25.1 Å². The van der Waals surface area contributed by atoms with Crippen LogP contribution in [-0.4, -0.2) is 25.8 Å². The van der Waals surface area contributed by atoms with E-state index in [-0.39, 0.29) is 0 Å². The minimum absolute atomic E-state index is 0.399. The van der Waals surface area contributed by atoms with Crippen molar-refractivity contribution in [2.45, 2.75) is 18.9 Å². The van der Waals surface area contributed by atoms with Crippen molar-refractivity contribution in [2.75, 3.05) is 0 Å². The molecule has 1 atom stereocenters. The average Bonchev–Trinajstić information content (AvgIpc) is 2.86. The third-order valence-electron chi connectivity index (χ3n) is 2.93. The quantitative estimate of drug-likeness (QED) is 0.866. The number of aromatic nitrogens is 3. The molecule has 17 heavy (non-hydrogen) atoms. The van der Waals surface area contributed by atoms with Gasteiger partial charge in [-0.1, -0.05) is 37.3 Å². The molecule has 0 radical (unpaired) electrons. The number of nitrogens with zero attached hydrogens (tertiary/aromatic N) is 3. The molecule has 0 aliphatic carbocycles. The third-order valence-corrected chi connectivity index (χ3v) is 2.93. The summed E-state index contributed by atoms with van der Waals surface area (Å²) in [5.41, 5.74) is -0.488. The molecule has 0 fully saturated rings. The minimum atomic E-state index is -1.18. The first-order chi connectivity index (χ1) is 8.21. The van der Waals surface area contributed by atoms with Crippen LogP contribution >= 0.6 is 0 Å². The molecular weight excluding hydrogens is 218 g/mol. The molecule has 88 valence electrons. The number of aliphatic carboxylic acids is 1. The van der Waals surface area contributed by atoms with Crippen LogP contribution in [-0.2, 0) is 10.3 Å². The number of benzene rings is 1. The number of hydrogen-bond acceptors (Lipinski definition) is 3. The summed E-state index contributed by atoms with van der Waals surface area (Å²) in [6, 6.07) is 9.07. The Kier molecular flexibility index (Phi) is 2.91. The highest BCUT2D eigenvalue weighted by atomic mass is 16.4. The van der Waals surface area contributed by atoms with Crippen molar-refractivity contribution < 1.29 is 9.90 Å². The second-order valence-corrected chi connectivity index (χ2v) is 3.73. The third kappa shape index (κ3) is 1.69. The summed E-state index contributed by atoms with van der Waals surface area (Å²) in [6.07, 6.45) is 3.18. The lowest BCUT2D eigenvalue weighted by atomic mass is 9.87. The lowest BCUT2D eigenvalue weighted by molar-refractivity contribution is -0.146. The van der Waals surface area contributed by atoms with Gasteiger partial charge in [-0.15, -0.1) is 0 Å². The second kappa shape index (κ2) is 4.37. The largest absolute Gasteiger partial charge is 0.479 e. The van der Waals surface area contributed by atoms with Crippen molar-refractivity contribution >= 4 is 5.97 Å². The van der Waals surface area contributed by atoms with Crippen LogP contribution in [0.4, 0.5) is 0 Å². The van der Waals surface area contributed by atoms with Gasteiger partial charge < -0.3 is 5.11 Å². The van der Waals surface area contributed by atoms with Gasteiger partial charge in [0.2, 0.25) is 0 Å². The molecule has 1 aromatic heterocycles. The van der Waals surface area contributed by atoms with Gasteiger partial charge in [-0.2, -0.15) is 5.10 Å². The minimum Gasteiger partial charge on any atom is -0.479 e. The van der Waals surface area contributed by atoms with Gasteiger partial charge in [0.15, 0.2) is 5.54 Å². The molecule has 1 unspecified atom stereocenters. The molecule has 0 bridgehead atoms. The van der Waals surface area contributed by atoms with Crippen molar-refractivity contribution in [1.82, 2.24) is 14.8 Å². The smallest absolute Gasteiger partial charge is 0.336 e. The van der Waals surface area contributed by atoms with Gasteiger partial charge in [0.1, 0.15) is 12.7 Å². The zero-order chi connectivity index (χ0) is 12.3. The zero-order valence-electron chi connectivity index (χ0n) is 9.45. The summed E-state index contributed by atoms with van der Waals surface area (Å²) in [5, 5.41) is 13.5. The standard InChI is InChI=1S/C12H13N3O2/c1-2-12(11(16)17,15-9-13-8-14-15)10-6-4-3-5-7-10/h3-9H,2H2,1H3,(H,16,17). The molecule has 0 aliphatic heterocycles. The maximum atomic E-state index is 11.7. The lowest BCUT2D eigenvalue weighted by Gasteiger charge is -2.28. The Labute approximate surface area is 98.7 Å². The maximum Gasteiger partial charge on any atom is 0.336 e. The highest BCUT2D eigenvalue weighted by Gasteiger charge is 2.41. The molecule has 0 saturated carbocycles. The van der Waals surface area contributed by atoms with E-state index in [0.717, 1.165) is 0 Å². The van der Waals surface area contributed by atoms with Crippen LogP contribution in [0, 0.1) is 0 Å². The highest BCUT2D eigenvalue weighted by molar-refractivity contribution is 5.81. The molecular formula is C12H13N3O2. The number of carbonyl (C=O) groups is 1. The second-order valence-electron chi connectivity index (χ2n) is 3.73. The Bertz CT molecular complexity index is 496. The molecule has 1 heterocycles. The number of carboxylic acid groups (broad SMARTS) is 1. The Morgan fingerprint density at radius 1 is 1.41 bits per heavy atom. The van der Waals surface area contributed by atoms with E-state index < -0.39 is 11.5 Å². The normalized spacial score (nSPS) is 14.2. The van der Waals surface area contributed by atoms with Crippen LogP contribution in [0.25, 0.3) is 0 Å². The van der Waals surface area contributed by atoms with Crippen molar-refractivity contribution in [3.8, 4) is 0 Å². The predicted octanol–water partition coefficient (Wildman–Crippen LogP) is 1.52. The van der Waals surface area contributed by atoms with E-state index in [9.17, 15) is 9.90 Å². The zero-order valence-corrected chi connectivity index (χ0v) is 9.45. The van der Waals surface area contributed by atoms with Gasteiger partial charge in [-0.25, -0.2) is 14.5 Å². The first-order valence-electron chi connectivity index (χ1n) is 5.36. The lowest BCUT2D eigenvalue weighted by Crippen LogP contribution is -2.43. The van der Waals surface area contributed by atoms with Crippen LogP contribution in [0.15, 0.2) is 43.0 Å². The Morgan fingerprint density at radius 3 is 2.59 bits per heavy atom. The predicted molar refractivity (Wildman–Crippen MR) is 61.5 cm³/mol. The van der Waals surface area contributed by atoms with E-state index in [1.165, 1.54) is 17.3 Å². The van der Waals surface area contributed by atoms with E-state index in [2.05, 4.69) is 10.1 Å². The molecule has 5 heteroatoms. The molecule has 0 aliphatic rings. The van der Waals surface area contributed by atoms with E-state index >= 15 is 0 Å². The molecule has 0 saturated heterocycles.